The summed E-state index contributed by atoms with van der Waals surface area (Å²) in [7, 11) is 0. The minimum Gasteiger partial charge on any atom is -0.439 e. The molecule has 0 atom stereocenters. The van der Waals surface area contributed by atoms with E-state index in [1.165, 1.54) is 24.5 Å². The molecule has 33 heavy (non-hydrogen) atoms. The predicted molar refractivity (Wildman–Crippen MR) is 116 cm³/mol. The molecule has 10 heteroatoms. The number of nitrogens with zero attached hydrogens (tertiary/aromatic N) is 2. The van der Waals surface area contributed by atoms with Gasteiger partial charge < -0.3 is 15.4 Å². The van der Waals surface area contributed by atoms with Gasteiger partial charge in [-0.05, 0) is 42.3 Å². The van der Waals surface area contributed by atoms with Gasteiger partial charge in [-0.15, -0.1) is 0 Å². The van der Waals surface area contributed by atoms with E-state index in [2.05, 4.69) is 20.6 Å². The average Bonchev–Trinajstić information content (AvgIpc) is 2.75. The van der Waals surface area contributed by atoms with Gasteiger partial charge in [-0.25, -0.2) is 9.97 Å². The number of nitrogens with one attached hydrogen (secondary N) is 2. The van der Waals surface area contributed by atoms with E-state index in [-0.39, 0.29) is 23.8 Å². The van der Waals surface area contributed by atoms with Gasteiger partial charge in [-0.3, -0.25) is 9.59 Å². The normalized spacial score (nSPS) is 11.0. The van der Waals surface area contributed by atoms with E-state index < -0.39 is 17.6 Å². The Kier molecular flexibility index (Phi) is 7.60. The molecule has 3 aromatic rings. The first kappa shape index (κ1) is 23.7. The molecule has 0 unspecified atom stereocenters. The van der Waals surface area contributed by atoms with Crippen LogP contribution < -0.4 is 15.4 Å². The van der Waals surface area contributed by atoms with Gasteiger partial charge in [0.1, 0.15) is 17.9 Å². The van der Waals surface area contributed by atoms with Gasteiger partial charge >= 0.3 is 6.18 Å². The van der Waals surface area contributed by atoms with Gasteiger partial charge in [0.25, 0.3) is 0 Å². The molecule has 0 spiro atoms. The van der Waals surface area contributed by atoms with Crippen molar-refractivity contribution in [3.63, 3.8) is 0 Å². The number of amides is 2. The molecule has 1 aromatic heterocycles. The summed E-state index contributed by atoms with van der Waals surface area (Å²) in [5.74, 6) is 0.351. The molecule has 0 fully saturated rings. The number of halogens is 3. The molecule has 3 rings (SSSR count). The van der Waals surface area contributed by atoms with Crippen LogP contribution in [0.1, 0.15) is 30.9 Å². The van der Waals surface area contributed by atoms with Crippen LogP contribution in [0.5, 0.6) is 11.6 Å². The summed E-state index contributed by atoms with van der Waals surface area (Å²) in [6.07, 6.45) is -2.31. The summed E-state index contributed by atoms with van der Waals surface area (Å²) < 4.78 is 44.1. The van der Waals surface area contributed by atoms with E-state index in [4.69, 9.17) is 4.74 Å². The smallest absolute Gasteiger partial charge is 0.416 e. The Morgan fingerprint density at radius 2 is 1.73 bits per heavy atom. The summed E-state index contributed by atoms with van der Waals surface area (Å²) in [5.41, 5.74) is -0.0884. The topological polar surface area (TPSA) is 93.2 Å². The average molecular weight is 458 g/mol. The van der Waals surface area contributed by atoms with E-state index in [0.717, 1.165) is 12.1 Å². The van der Waals surface area contributed by atoms with Crippen LogP contribution in [0.15, 0.2) is 60.9 Å². The molecular weight excluding hydrogens is 437 g/mol. The second-order valence-corrected chi connectivity index (χ2v) is 7.09. The van der Waals surface area contributed by atoms with Crippen LogP contribution in [0.4, 0.5) is 24.7 Å². The van der Waals surface area contributed by atoms with Crippen LogP contribution >= 0.6 is 0 Å². The van der Waals surface area contributed by atoms with Crippen LogP contribution in [-0.4, -0.2) is 21.8 Å². The van der Waals surface area contributed by atoms with Gasteiger partial charge in [0.2, 0.25) is 17.7 Å². The van der Waals surface area contributed by atoms with Crippen LogP contribution in [0, 0.1) is 0 Å². The molecule has 2 N–H and O–H groups in total. The van der Waals surface area contributed by atoms with Crippen LogP contribution in [0.3, 0.4) is 0 Å². The highest BCUT2D eigenvalue weighted by Gasteiger charge is 2.30. The number of ether oxygens (including phenoxy) is 1. The molecule has 172 valence electrons. The Morgan fingerprint density at radius 1 is 0.970 bits per heavy atom. The standard InChI is InChI=1S/C23H21F3N4O3/c1-2-4-20(31)30-19-13-22(28-14-27-19)33-18-9-7-17(8-10-18)29-21(32)12-15-5-3-6-16(11-15)23(24,25)26/h3,5-11,13-14H,2,4,12H2,1H3,(H,29,32)(H,27,28,30,31). The molecule has 0 aliphatic carbocycles. The summed E-state index contributed by atoms with van der Waals surface area (Å²) >= 11 is 0. The molecule has 0 radical (unpaired) electrons. The lowest BCUT2D eigenvalue weighted by Gasteiger charge is -2.10. The Labute approximate surface area is 188 Å². The van der Waals surface area contributed by atoms with Gasteiger partial charge in [-0.1, -0.05) is 25.1 Å². The number of anilines is 2. The first-order valence-corrected chi connectivity index (χ1v) is 10.1. The number of carbonyl (C=O) groups is 2. The number of hydrogen-bond acceptors (Lipinski definition) is 5. The summed E-state index contributed by atoms with van der Waals surface area (Å²) in [5, 5.41) is 5.28. The zero-order valence-corrected chi connectivity index (χ0v) is 17.6. The van der Waals surface area contributed by atoms with Crippen molar-refractivity contribution in [3.8, 4) is 11.6 Å². The minimum absolute atomic E-state index is 0.160. The molecule has 0 saturated carbocycles. The number of rotatable bonds is 8. The molecule has 2 amide bonds. The van der Waals surface area contributed by atoms with Crippen molar-refractivity contribution in [1.82, 2.24) is 9.97 Å². The molecule has 1 heterocycles. The van der Waals surface area contributed by atoms with Crippen molar-refractivity contribution in [2.75, 3.05) is 10.6 Å². The number of benzene rings is 2. The maximum absolute atomic E-state index is 12.8. The van der Waals surface area contributed by atoms with Crippen LogP contribution in [0.25, 0.3) is 0 Å². The van der Waals surface area contributed by atoms with Crippen molar-refractivity contribution in [2.45, 2.75) is 32.4 Å². The lowest BCUT2D eigenvalue weighted by atomic mass is 10.1. The third-order valence-corrected chi connectivity index (χ3v) is 4.37. The number of aromatic nitrogens is 2. The molecule has 0 aliphatic heterocycles. The van der Waals surface area contributed by atoms with E-state index in [1.807, 2.05) is 6.92 Å². The SMILES string of the molecule is CCCC(=O)Nc1cc(Oc2ccc(NC(=O)Cc3cccc(C(F)(F)F)c3)cc2)ncn1. The molecule has 2 aromatic carbocycles. The van der Waals surface area contributed by atoms with Crippen molar-refractivity contribution in [1.29, 1.82) is 0 Å². The zero-order chi connectivity index (χ0) is 23.8. The van der Waals surface area contributed by atoms with Crippen LogP contribution in [-0.2, 0) is 22.2 Å². The molecule has 7 nitrogen and oxygen atoms in total. The Hall–Kier alpha value is -3.95. The first-order valence-electron chi connectivity index (χ1n) is 10.1. The lowest BCUT2D eigenvalue weighted by molar-refractivity contribution is -0.137. The first-order chi connectivity index (χ1) is 15.7. The third-order valence-electron chi connectivity index (χ3n) is 4.37. The fourth-order valence-corrected chi connectivity index (χ4v) is 2.87. The molecule has 0 bridgehead atoms. The fraction of sp³-hybridized carbons (Fsp3) is 0.217. The van der Waals surface area contributed by atoms with E-state index in [1.54, 1.807) is 24.3 Å². The van der Waals surface area contributed by atoms with Gasteiger partial charge in [0, 0.05) is 18.2 Å². The Bertz CT molecular complexity index is 1120. The van der Waals surface area contributed by atoms with Crippen molar-refractivity contribution >= 4 is 23.3 Å². The van der Waals surface area contributed by atoms with E-state index >= 15 is 0 Å². The quantitative estimate of drug-likeness (QED) is 0.484. The lowest BCUT2D eigenvalue weighted by Crippen LogP contribution is -2.15. The van der Waals surface area contributed by atoms with Crippen molar-refractivity contribution in [3.05, 3.63) is 72.1 Å². The van der Waals surface area contributed by atoms with E-state index in [0.29, 0.717) is 30.1 Å². The largest absolute Gasteiger partial charge is 0.439 e. The summed E-state index contributed by atoms with van der Waals surface area (Å²) in [6, 6.07) is 12.5. The Balaban J connectivity index is 1.57. The van der Waals surface area contributed by atoms with Gasteiger partial charge in [-0.2, -0.15) is 13.2 Å². The second kappa shape index (κ2) is 10.6. The van der Waals surface area contributed by atoms with Gasteiger partial charge in [0.05, 0.1) is 12.0 Å². The summed E-state index contributed by atoms with van der Waals surface area (Å²) in [4.78, 5) is 31.9. The highest BCUT2D eigenvalue weighted by Crippen LogP contribution is 2.29. The monoisotopic (exact) mass is 458 g/mol. The molecule has 0 saturated heterocycles. The van der Waals surface area contributed by atoms with Crippen molar-refractivity contribution < 1.29 is 27.5 Å². The van der Waals surface area contributed by atoms with Gasteiger partial charge in [0.15, 0.2) is 0 Å². The highest BCUT2D eigenvalue weighted by molar-refractivity contribution is 5.92. The maximum Gasteiger partial charge on any atom is 0.416 e. The second-order valence-electron chi connectivity index (χ2n) is 7.09. The summed E-state index contributed by atoms with van der Waals surface area (Å²) in [6.45, 7) is 1.89. The maximum atomic E-state index is 12.8. The fourth-order valence-electron chi connectivity index (χ4n) is 2.87. The molecule has 0 aliphatic rings. The highest BCUT2D eigenvalue weighted by atomic mass is 19.4. The third kappa shape index (κ3) is 7.30. The van der Waals surface area contributed by atoms with Crippen LogP contribution in [0.2, 0.25) is 0 Å². The molecular formula is C23H21F3N4O3. The minimum atomic E-state index is -4.46. The number of alkyl halides is 3. The van der Waals surface area contributed by atoms with E-state index in [9.17, 15) is 22.8 Å². The van der Waals surface area contributed by atoms with Crippen molar-refractivity contribution in [2.24, 2.45) is 0 Å². The zero-order valence-electron chi connectivity index (χ0n) is 17.6. The predicted octanol–water partition coefficient (Wildman–Crippen LogP) is 5.21. The number of hydrogen-bond donors (Lipinski definition) is 2. The Morgan fingerprint density at radius 3 is 2.42 bits per heavy atom. The number of carbonyl (C=O) groups excluding carboxylic acids is 2.